The van der Waals surface area contributed by atoms with Gasteiger partial charge in [-0.25, -0.2) is 9.78 Å². The Morgan fingerprint density at radius 1 is 1.38 bits per heavy atom. The molecule has 0 saturated carbocycles. The number of anilines is 1. The summed E-state index contributed by atoms with van der Waals surface area (Å²) in [5.41, 5.74) is -0.475. The number of carbonyl (C=O) groups excluding carboxylic acids is 1. The van der Waals surface area contributed by atoms with E-state index in [1.165, 1.54) is 0 Å². The zero-order valence-electron chi connectivity index (χ0n) is 15.1. The number of carbonyl (C=O) groups is 1. The zero-order valence-corrected chi connectivity index (χ0v) is 17.3. The number of rotatable bonds is 3. The minimum atomic E-state index is -0.475. The van der Waals surface area contributed by atoms with Crippen molar-refractivity contribution in [1.82, 2.24) is 14.9 Å². The lowest BCUT2D eigenvalue weighted by Crippen LogP contribution is -2.56. The SMILES string of the molecule is CC(C)C[C@H]1CN(c2cncc(I)n2)CCN1C(=O)OC(C)(C)C. The van der Waals surface area contributed by atoms with Crippen LogP contribution in [0.1, 0.15) is 41.0 Å². The monoisotopic (exact) mass is 446 g/mol. The number of ether oxygens (including phenoxy) is 1. The zero-order chi connectivity index (χ0) is 17.9. The van der Waals surface area contributed by atoms with E-state index in [9.17, 15) is 4.79 Å². The van der Waals surface area contributed by atoms with Gasteiger partial charge in [-0.3, -0.25) is 4.98 Å². The summed E-state index contributed by atoms with van der Waals surface area (Å²) in [5, 5.41) is 0. The van der Waals surface area contributed by atoms with Gasteiger partial charge in [-0.15, -0.1) is 0 Å². The number of aromatic nitrogens is 2. The van der Waals surface area contributed by atoms with Gasteiger partial charge in [-0.05, 0) is 55.7 Å². The first-order valence-corrected chi connectivity index (χ1v) is 9.45. The first kappa shape index (κ1) is 19.2. The molecule has 0 bridgehead atoms. The Hall–Kier alpha value is -1.12. The highest BCUT2D eigenvalue weighted by molar-refractivity contribution is 14.1. The first-order valence-electron chi connectivity index (χ1n) is 8.38. The maximum atomic E-state index is 12.6. The summed E-state index contributed by atoms with van der Waals surface area (Å²) >= 11 is 2.17. The molecule has 0 N–H and O–H groups in total. The molecular weight excluding hydrogens is 419 g/mol. The maximum absolute atomic E-state index is 12.6. The average molecular weight is 446 g/mol. The van der Waals surface area contributed by atoms with Crippen molar-refractivity contribution in [2.45, 2.75) is 52.7 Å². The van der Waals surface area contributed by atoms with E-state index in [2.05, 4.69) is 51.3 Å². The Morgan fingerprint density at radius 2 is 2.08 bits per heavy atom. The summed E-state index contributed by atoms with van der Waals surface area (Å²) in [6.07, 6.45) is 4.25. The van der Waals surface area contributed by atoms with Gasteiger partial charge in [0.05, 0.1) is 18.4 Å². The number of amides is 1. The van der Waals surface area contributed by atoms with E-state index >= 15 is 0 Å². The summed E-state index contributed by atoms with van der Waals surface area (Å²) in [7, 11) is 0. The maximum Gasteiger partial charge on any atom is 0.410 e. The Kier molecular flexibility index (Phi) is 6.28. The predicted molar refractivity (Wildman–Crippen MR) is 103 cm³/mol. The number of halogens is 1. The van der Waals surface area contributed by atoms with E-state index < -0.39 is 5.60 Å². The molecule has 0 radical (unpaired) electrons. The molecule has 0 spiro atoms. The Morgan fingerprint density at radius 3 is 2.67 bits per heavy atom. The van der Waals surface area contributed by atoms with Crippen LogP contribution in [0.5, 0.6) is 0 Å². The minimum absolute atomic E-state index is 0.119. The standard InChI is InChI=1S/C17H27IN4O2/c1-12(2)8-13-11-21(15-10-19-9-14(18)20-15)6-7-22(13)16(23)24-17(3,4)5/h9-10,12-13H,6-8,11H2,1-5H3/t13-/m0/s1. The smallest absolute Gasteiger partial charge is 0.410 e. The molecule has 2 heterocycles. The molecule has 134 valence electrons. The van der Waals surface area contributed by atoms with Crippen LogP contribution >= 0.6 is 22.6 Å². The molecule has 0 unspecified atom stereocenters. The van der Waals surface area contributed by atoms with Crippen LogP contribution in [0.3, 0.4) is 0 Å². The van der Waals surface area contributed by atoms with Gasteiger partial charge < -0.3 is 14.5 Å². The highest BCUT2D eigenvalue weighted by Gasteiger charge is 2.34. The summed E-state index contributed by atoms with van der Waals surface area (Å²) in [4.78, 5) is 25.4. The van der Waals surface area contributed by atoms with Crippen molar-refractivity contribution in [1.29, 1.82) is 0 Å². The summed E-state index contributed by atoms with van der Waals surface area (Å²) < 4.78 is 6.46. The van der Waals surface area contributed by atoms with Gasteiger partial charge in [-0.1, -0.05) is 13.8 Å². The van der Waals surface area contributed by atoms with E-state index in [1.807, 2.05) is 25.7 Å². The molecule has 1 aromatic heterocycles. The number of nitrogens with zero attached hydrogens (tertiary/aromatic N) is 4. The number of hydrogen-bond donors (Lipinski definition) is 0. The molecule has 1 aromatic rings. The highest BCUT2D eigenvalue weighted by Crippen LogP contribution is 2.23. The van der Waals surface area contributed by atoms with Crippen LogP contribution in [-0.4, -0.2) is 52.2 Å². The summed E-state index contributed by atoms with van der Waals surface area (Å²) in [5.74, 6) is 1.38. The van der Waals surface area contributed by atoms with Crippen LogP contribution in [0.15, 0.2) is 12.4 Å². The third-order valence-corrected chi connectivity index (χ3v) is 4.29. The van der Waals surface area contributed by atoms with Crippen molar-refractivity contribution in [3.8, 4) is 0 Å². The van der Waals surface area contributed by atoms with E-state index in [-0.39, 0.29) is 12.1 Å². The largest absolute Gasteiger partial charge is 0.444 e. The summed E-state index contributed by atoms with van der Waals surface area (Å²) in [6, 6.07) is 0.119. The van der Waals surface area contributed by atoms with Gasteiger partial charge in [-0.2, -0.15) is 0 Å². The fourth-order valence-corrected chi connectivity index (χ4v) is 3.26. The Labute approximate surface area is 158 Å². The fraction of sp³-hybridized carbons (Fsp3) is 0.706. The lowest BCUT2D eigenvalue weighted by Gasteiger charge is -2.42. The van der Waals surface area contributed by atoms with E-state index in [1.54, 1.807) is 12.4 Å². The number of hydrogen-bond acceptors (Lipinski definition) is 5. The first-order chi connectivity index (χ1) is 11.2. The molecule has 1 amide bonds. The number of piperazine rings is 1. The van der Waals surface area contributed by atoms with Gasteiger partial charge in [0, 0.05) is 19.6 Å². The molecule has 1 aliphatic heterocycles. The van der Waals surface area contributed by atoms with Crippen LogP contribution < -0.4 is 4.90 Å². The molecule has 6 nitrogen and oxygen atoms in total. The molecule has 2 rings (SSSR count). The third-order valence-electron chi connectivity index (χ3n) is 3.77. The molecule has 24 heavy (non-hydrogen) atoms. The quantitative estimate of drug-likeness (QED) is 0.665. The molecule has 0 aliphatic carbocycles. The van der Waals surface area contributed by atoms with Crippen molar-refractivity contribution in [3.63, 3.8) is 0 Å². The highest BCUT2D eigenvalue weighted by atomic mass is 127. The van der Waals surface area contributed by atoms with Crippen LogP contribution in [0.4, 0.5) is 10.6 Å². The lowest BCUT2D eigenvalue weighted by molar-refractivity contribution is 0.0119. The molecule has 1 saturated heterocycles. The van der Waals surface area contributed by atoms with Gasteiger partial charge in [0.2, 0.25) is 0 Å². The minimum Gasteiger partial charge on any atom is -0.444 e. The van der Waals surface area contributed by atoms with Gasteiger partial charge in [0.25, 0.3) is 0 Å². The van der Waals surface area contributed by atoms with Crippen molar-refractivity contribution >= 4 is 34.5 Å². The topological polar surface area (TPSA) is 58.6 Å². The van der Waals surface area contributed by atoms with Gasteiger partial charge >= 0.3 is 6.09 Å². The van der Waals surface area contributed by atoms with E-state index in [0.29, 0.717) is 12.5 Å². The molecule has 7 heteroatoms. The van der Waals surface area contributed by atoms with Crippen LogP contribution in [0.25, 0.3) is 0 Å². The molecule has 1 fully saturated rings. The average Bonchev–Trinajstić information content (AvgIpc) is 2.44. The predicted octanol–water partition coefficient (Wildman–Crippen LogP) is 3.55. The van der Waals surface area contributed by atoms with Crippen molar-refractivity contribution < 1.29 is 9.53 Å². The van der Waals surface area contributed by atoms with Crippen LogP contribution in [-0.2, 0) is 4.74 Å². The molecule has 0 aromatic carbocycles. The van der Waals surface area contributed by atoms with Crippen LogP contribution in [0, 0.1) is 9.62 Å². The fourth-order valence-electron chi connectivity index (χ4n) is 2.86. The normalized spacial score (nSPS) is 18.9. The molecule has 1 aliphatic rings. The Bertz CT molecular complexity index is 574. The van der Waals surface area contributed by atoms with Crippen molar-refractivity contribution in [2.24, 2.45) is 5.92 Å². The molecule has 1 atom stereocenters. The second-order valence-electron chi connectivity index (χ2n) is 7.60. The lowest BCUT2D eigenvalue weighted by atomic mass is 10.0. The van der Waals surface area contributed by atoms with Crippen molar-refractivity contribution in [2.75, 3.05) is 24.5 Å². The van der Waals surface area contributed by atoms with E-state index in [4.69, 9.17) is 4.74 Å². The van der Waals surface area contributed by atoms with Gasteiger partial charge in [0.15, 0.2) is 0 Å². The second kappa shape index (κ2) is 7.84. The van der Waals surface area contributed by atoms with Gasteiger partial charge in [0.1, 0.15) is 15.1 Å². The third kappa shape index (κ3) is 5.46. The molecular formula is C17H27IN4O2. The van der Waals surface area contributed by atoms with E-state index in [0.717, 1.165) is 29.0 Å². The summed E-state index contributed by atoms with van der Waals surface area (Å²) in [6.45, 7) is 12.2. The second-order valence-corrected chi connectivity index (χ2v) is 8.71. The Balaban J connectivity index is 2.13. The van der Waals surface area contributed by atoms with Crippen molar-refractivity contribution in [3.05, 3.63) is 16.1 Å². The van der Waals surface area contributed by atoms with Crippen LogP contribution in [0.2, 0.25) is 0 Å².